The van der Waals surface area contributed by atoms with Gasteiger partial charge in [0.15, 0.2) is 0 Å². The lowest BCUT2D eigenvalue weighted by Gasteiger charge is -2.10. The standard InChI is InChI=1S/C12H10Cl2FN3O2S/c1-16-12-9(14)5-8(6-17-12)21(19,20)18-11-4-7(13)2-3-10(11)15/h2-6,18H,1H3,(H,16,17). The fourth-order valence-corrected chi connectivity index (χ4v) is 3.06. The van der Waals surface area contributed by atoms with E-state index in [1.165, 1.54) is 18.2 Å². The van der Waals surface area contributed by atoms with Crippen LogP contribution in [0.5, 0.6) is 0 Å². The molecule has 0 aliphatic carbocycles. The Morgan fingerprint density at radius 3 is 2.57 bits per heavy atom. The maximum Gasteiger partial charge on any atom is 0.263 e. The van der Waals surface area contributed by atoms with Crippen molar-refractivity contribution < 1.29 is 12.8 Å². The van der Waals surface area contributed by atoms with E-state index < -0.39 is 15.8 Å². The molecule has 0 saturated carbocycles. The van der Waals surface area contributed by atoms with Crippen LogP contribution in [0, 0.1) is 5.82 Å². The van der Waals surface area contributed by atoms with Gasteiger partial charge in [0, 0.05) is 18.3 Å². The van der Waals surface area contributed by atoms with E-state index in [0.717, 1.165) is 12.3 Å². The van der Waals surface area contributed by atoms with Gasteiger partial charge < -0.3 is 5.32 Å². The van der Waals surface area contributed by atoms with E-state index in [1.54, 1.807) is 7.05 Å². The Morgan fingerprint density at radius 1 is 1.24 bits per heavy atom. The molecule has 5 nitrogen and oxygen atoms in total. The van der Waals surface area contributed by atoms with E-state index in [-0.39, 0.29) is 20.6 Å². The Morgan fingerprint density at radius 2 is 1.95 bits per heavy atom. The van der Waals surface area contributed by atoms with Crippen molar-refractivity contribution in [1.82, 2.24) is 4.98 Å². The molecule has 1 heterocycles. The van der Waals surface area contributed by atoms with Crippen molar-refractivity contribution in [3.8, 4) is 0 Å². The molecule has 112 valence electrons. The highest BCUT2D eigenvalue weighted by Gasteiger charge is 2.18. The molecule has 0 spiro atoms. The third-order valence-electron chi connectivity index (χ3n) is 2.54. The Bertz CT molecular complexity index is 784. The maximum atomic E-state index is 13.6. The summed E-state index contributed by atoms with van der Waals surface area (Å²) in [4.78, 5) is 3.67. The summed E-state index contributed by atoms with van der Waals surface area (Å²) < 4.78 is 40.0. The zero-order valence-electron chi connectivity index (χ0n) is 10.7. The number of hydrogen-bond donors (Lipinski definition) is 2. The highest BCUT2D eigenvalue weighted by atomic mass is 35.5. The monoisotopic (exact) mass is 349 g/mol. The molecule has 0 saturated heterocycles. The normalized spacial score (nSPS) is 11.2. The van der Waals surface area contributed by atoms with Gasteiger partial charge in [-0.1, -0.05) is 23.2 Å². The van der Waals surface area contributed by atoms with Crippen molar-refractivity contribution in [2.24, 2.45) is 0 Å². The van der Waals surface area contributed by atoms with Gasteiger partial charge in [-0.15, -0.1) is 0 Å². The van der Waals surface area contributed by atoms with Gasteiger partial charge in [0.2, 0.25) is 0 Å². The van der Waals surface area contributed by atoms with Crippen molar-refractivity contribution in [2.75, 3.05) is 17.1 Å². The molecule has 0 aliphatic rings. The first-order chi connectivity index (χ1) is 9.83. The van der Waals surface area contributed by atoms with Gasteiger partial charge in [-0.2, -0.15) is 0 Å². The van der Waals surface area contributed by atoms with Crippen LogP contribution in [0.4, 0.5) is 15.9 Å². The molecule has 0 atom stereocenters. The Hall–Kier alpha value is -1.57. The first kappa shape index (κ1) is 15.8. The summed E-state index contributed by atoms with van der Waals surface area (Å²) in [5.74, 6) is -0.404. The molecule has 0 unspecified atom stereocenters. The quantitative estimate of drug-likeness (QED) is 0.887. The Labute approximate surface area is 131 Å². The van der Waals surface area contributed by atoms with Crippen molar-refractivity contribution in [1.29, 1.82) is 0 Å². The predicted molar refractivity (Wildman–Crippen MR) is 81.0 cm³/mol. The third-order valence-corrected chi connectivity index (χ3v) is 4.39. The summed E-state index contributed by atoms with van der Waals surface area (Å²) in [5.41, 5.74) is -0.253. The van der Waals surface area contributed by atoms with Gasteiger partial charge in [0.05, 0.1) is 10.7 Å². The number of hydrogen-bond acceptors (Lipinski definition) is 4. The molecular formula is C12H10Cl2FN3O2S. The minimum absolute atomic E-state index is 0.131. The lowest BCUT2D eigenvalue weighted by atomic mass is 10.3. The second-order valence-electron chi connectivity index (χ2n) is 3.98. The van der Waals surface area contributed by atoms with E-state index in [0.29, 0.717) is 5.82 Å². The van der Waals surface area contributed by atoms with E-state index >= 15 is 0 Å². The Balaban J connectivity index is 2.38. The summed E-state index contributed by atoms with van der Waals surface area (Å²) in [6, 6.07) is 4.76. The van der Waals surface area contributed by atoms with E-state index in [9.17, 15) is 12.8 Å². The number of nitrogens with one attached hydrogen (secondary N) is 2. The average Bonchev–Trinajstić information content (AvgIpc) is 2.42. The summed E-state index contributed by atoms with van der Waals surface area (Å²) >= 11 is 11.6. The summed E-state index contributed by atoms with van der Waals surface area (Å²) in [6.45, 7) is 0. The highest BCUT2D eigenvalue weighted by molar-refractivity contribution is 7.92. The molecule has 21 heavy (non-hydrogen) atoms. The zero-order valence-corrected chi connectivity index (χ0v) is 13.0. The smallest absolute Gasteiger partial charge is 0.263 e. The number of pyridine rings is 1. The largest absolute Gasteiger partial charge is 0.372 e. The number of sulfonamides is 1. The second kappa shape index (κ2) is 6.05. The van der Waals surface area contributed by atoms with E-state index in [4.69, 9.17) is 23.2 Å². The second-order valence-corrected chi connectivity index (χ2v) is 6.51. The number of halogens is 3. The average molecular weight is 350 g/mol. The lowest BCUT2D eigenvalue weighted by molar-refractivity contribution is 0.598. The maximum absolute atomic E-state index is 13.6. The van der Waals surface area contributed by atoms with Gasteiger partial charge in [0.1, 0.15) is 16.5 Å². The molecule has 2 rings (SSSR count). The summed E-state index contributed by atoms with van der Waals surface area (Å²) in [5, 5.41) is 3.04. The number of benzene rings is 1. The number of aromatic nitrogens is 1. The lowest BCUT2D eigenvalue weighted by Crippen LogP contribution is -2.14. The van der Waals surface area contributed by atoms with Crippen LogP contribution in [0.15, 0.2) is 35.4 Å². The molecule has 0 bridgehead atoms. The predicted octanol–water partition coefficient (Wildman–Crippen LogP) is 3.37. The Kier molecular flexibility index (Phi) is 4.55. The molecule has 2 aromatic rings. The molecule has 0 amide bonds. The molecule has 1 aromatic carbocycles. The van der Waals surface area contributed by atoms with Crippen LogP contribution in [0.2, 0.25) is 10.0 Å². The minimum atomic E-state index is -4.02. The van der Waals surface area contributed by atoms with Crippen molar-refractivity contribution >= 4 is 44.7 Å². The SMILES string of the molecule is CNc1ncc(S(=O)(=O)Nc2cc(Cl)ccc2F)cc1Cl. The van der Waals surface area contributed by atoms with Crippen molar-refractivity contribution in [3.63, 3.8) is 0 Å². The van der Waals surface area contributed by atoms with Crippen molar-refractivity contribution in [2.45, 2.75) is 4.90 Å². The number of nitrogens with zero attached hydrogens (tertiary/aromatic N) is 1. The van der Waals surface area contributed by atoms with Gasteiger partial charge in [-0.25, -0.2) is 17.8 Å². The number of rotatable bonds is 4. The van der Waals surface area contributed by atoms with Gasteiger partial charge in [0.25, 0.3) is 10.0 Å². The van der Waals surface area contributed by atoms with E-state index in [2.05, 4.69) is 15.0 Å². The molecule has 1 aromatic heterocycles. The van der Waals surface area contributed by atoms with E-state index in [1.807, 2.05) is 0 Å². The van der Waals surface area contributed by atoms with Gasteiger partial charge in [-0.05, 0) is 24.3 Å². The third kappa shape index (κ3) is 3.55. The van der Waals surface area contributed by atoms with Crippen molar-refractivity contribution in [3.05, 3.63) is 46.3 Å². The highest BCUT2D eigenvalue weighted by Crippen LogP contribution is 2.25. The van der Waals surface area contributed by atoms with Gasteiger partial charge >= 0.3 is 0 Å². The molecule has 0 aliphatic heterocycles. The topological polar surface area (TPSA) is 71.1 Å². The summed E-state index contributed by atoms with van der Waals surface area (Å²) in [7, 11) is -2.42. The van der Waals surface area contributed by atoms with Gasteiger partial charge in [-0.3, -0.25) is 4.72 Å². The first-order valence-electron chi connectivity index (χ1n) is 5.64. The molecular weight excluding hydrogens is 340 g/mol. The van der Waals surface area contributed by atoms with Crippen LogP contribution in [-0.2, 0) is 10.0 Å². The minimum Gasteiger partial charge on any atom is -0.372 e. The van der Waals surface area contributed by atoms with Crippen LogP contribution in [0.25, 0.3) is 0 Å². The first-order valence-corrected chi connectivity index (χ1v) is 7.88. The molecule has 2 N–H and O–H groups in total. The van der Waals surface area contributed by atoms with Crippen LogP contribution in [0.1, 0.15) is 0 Å². The van der Waals surface area contributed by atoms with Crippen LogP contribution >= 0.6 is 23.2 Å². The van der Waals surface area contributed by atoms with Crippen LogP contribution in [0.3, 0.4) is 0 Å². The summed E-state index contributed by atoms with van der Waals surface area (Å²) in [6.07, 6.45) is 1.11. The fraction of sp³-hybridized carbons (Fsp3) is 0.0833. The fourth-order valence-electron chi connectivity index (χ4n) is 1.53. The number of anilines is 2. The molecule has 9 heteroatoms. The van der Waals surface area contributed by atoms with Crippen LogP contribution < -0.4 is 10.0 Å². The molecule has 0 fully saturated rings. The van der Waals surface area contributed by atoms with Crippen LogP contribution in [-0.4, -0.2) is 20.4 Å². The zero-order chi connectivity index (χ0) is 15.6. The molecule has 0 radical (unpaired) electrons.